The van der Waals surface area contributed by atoms with E-state index in [9.17, 15) is 0 Å². The van der Waals surface area contributed by atoms with Crippen LogP contribution in [-0.2, 0) is 11.2 Å². The van der Waals surface area contributed by atoms with E-state index in [4.69, 9.17) is 4.74 Å². The normalized spacial score (nSPS) is 13.1. The molecule has 0 aliphatic heterocycles. The monoisotopic (exact) mass is 199 g/mol. The Labute approximate surface area is 83.9 Å². The van der Waals surface area contributed by atoms with Crippen molar-refractivity contribution in [1.29, 1.82) is 0 Å². The summed E-state index contributed by atoms with van der Waals surface area (Å²) < 4.78 is 5.60. The van der Waals surface area contributed by atoms with Gasteiger partial charge in [0.25, 0.3) is 0 Å². The fraction of sp³-hybridized carbons (Fsp3) is 0.600. The molecule has 3 heteroatoms. The maximum Gasteiger partial charge on any atom is 0.0671 e. The number of rotatable bonds is 6. The lowest BCUT2D eigenvalue weighted by Gasteiger charge is -2.11. The Morgan fingerprint density at radius 3 is 3.08 bits per heavy atom. The second kappa shape index (κ2) is 6.13. The standard InChI is InChI=1S/C10H17NOS/c1-9(8-11-2)12-6-5-10-4-3-7-13-10/h3-4,7,9,11H,5-6,8H2,1-2H3. The average Bonchev–Trinajstić information content (AvgIpc) is 2.57. The van der Waals surface area contributed by atoms with Crippen molar-refractivity contribution in [1.82, 2.24) is 5.32 Å². The SMILES string of the molecule is CNCC(C)OCCc1cccs1. The third-order valence-corrected chi connectivity index (χ3v) is 2.76. The van der Waals surface area contributed by atoms with Crippen LogP contribution < -0.4 is 5.32 Å². The van der Waals surface area contributed by atoms with Crippen molar-refractivity contribution >= 4 is 11.3 Å². The van der Waals surface area contributed by atoms with Crippen molar-refractivity contribution in [3.8, 4) is 0 Å². The molecule has 1 unspecified atom stereocenters. The molecule has 0 saturated carbocycles. The van der Waals surface area contributed by atoms with Gasteiger partial charge in [-0.1, -0.05) is 6.07 Å². The lowest BCUT2D eigenvalue weighted by molar-refractivity contribution is 0.0699. The maximum absolute atomic E-state index is 5.60. The maximum atomic E-state index is 5.60. The highest BCUT2D eigenvalue weighted by molar-refractivity contribution is 7.09. The highest BCUT2D eigenvalue weighted by atomic mass is 32.1. The minimum Gasteiger partial charge on any atom is -0.377 e. The van der Waals surface area contributed by atoms with E-state index in [1.54, 1.807) is 11.3 Å². The Bertz CT molecular complexity index is 211. The van der Waals surface area contributed by atoms with Gasteiger partial charge in [0.1, 0.15) is 0 Å². The Balaban J connectivity index is 2.07. The van der Waals surface area contributed by atoms with E-state index in [0.717, 1.165) is 19.6 Å². The van der Waals surface area contributed by atoms with Gasteiger partial charge in [0.15, 0.2) is 0 Å². The van der Waals surface area contributed by atoms with Crippen LogP contribution >= 0.6 is 11.3 Å². The van der Waals surface area contributed by atoms with Crippen LogP contribution in [0.4, 0.5) is 0 Å². The van der Waals surface area contributed by atoms with Gasteiger partial charge in [-0.3, -0.25) is 0 Å². The second-order valence-corrected chi connectivity index (χ2v) is 4.10. The predicted molar refractivity (Wildman–Crippen MR) is 57.4 cm³/mol. The molecule has 0 amide bonds. The molecular weight excluding hydrogens is 182 g/mol. The third kappa shape index (κ3) is 4.41. The van der Waals surface area contributed by atoms with Crippen LogP contribution in [0, 0.1) is 0 Å². The van der Waals surface area contributed by atoms with Gasteiger partial charge in [0, 0.05) is 17.8 Å². The first kappa shape index (κ1) is 10.7. The fourth-order valence-electron chi connectivity index (χ4n) is 1.16. The van der Waals surface area contributed by atoms with Crippen molar-refractivity contribution in [3.63, 3.8) is 0 Å². The quantitative estimate of drug-likeness (QED) is 0.755. The molecule has 1 rings (SSSR count). The van der Waals surface area contributed by atoms with Gasteiger partial charge in [-0.2, -0.15) is 0 Å². The molecular formula is C10H17NOS. The summed E-state index contributed by atoms with van der Waals surface area (Å²) in [7, 11) is 1.94. The Morgan fingerprint density at radius 2 is 2.46 bits per heavy atom. The van der Waals surface area contributed by atoms with Gasteiger partial charge in [-0.25, -0.2) is 0 Å². The van der Waals surface area contributed by atoms with Crippen LogP contribution in [0.25, 0.3) is 0 Å². The molecule has 0 radical (unpaired) electrons. The third-order valence-electron chi connectivity index (χ3n) is 1.82. The molecule has 74 valence electrons. The van der Waals surface area contributed by atoms with E-state index < -0.39 is 0 Å². The van der Waals surface area contributed by atoms with Crippen LogP contribution in [0.5, 0.6) is 0 Å². The zero-order valence-electron chi connectivity index (χ0n) is 8.25. The minimum atomic E-state index is 0.310. The van der Waals surface area contributed by atoms with Gasteiger partial charge in [-0.15, -0.1) is 11.3 Å². The molecule has 0 saturated heterocycles. The number of ether oxygens (including phenoxy) is 1. The van der Waals surface area contributed by atoms with Gasteiger partial charge < -0.3 is 10.1 Å². The molecule has 0 aliphatic rings. The zero-order chi connectivity index (χ0) is 9.52. The van der Waals surface area contributed by atoms with Crippen LogP contribution in [0.2, 0.25) is 0 Å². The average molecular weight is 199 g/mol. The predicted octanol–water partition coefficient (Wildman–Crippen LogP) is 1.92. The molecule has 0 aromatic carbocycles. The van der Waals surface area contributed by atoms with E-state index in [0.29, 0.717) is 6.10 Å². The zero-order valence-corrected chi connectivity index (χ0v) is 9.06. The van der Waals surface area contributed by atoms with E-state index in [-0.39, 0.29) is 0 Å². The summed E-state index contributed by atoms with van der Waals surface area (Å²) >= 11 is 1.79. The van der Waals surface area contributed by atoms with E-state index >= 15 is 0 Å². The summed E-state index contributed by atoms with van der Waals surface area (Å²) in [6.45, 7) is 3.83. The van der Waals surface area contributed by atoms with Crippen molar-refractivity contribution in [2.75, 3.05) is 20.2 Å². The summed E-state index contributed by atoms with van der Waals surface area (Å²) in [5.74, 6) is 0. The van der Waals surface area contributed by atoms with E-state index in [1.807, 2.05) is 7.05 Å². The molecule has 1 aromatic rings. The van der Waals surface area contributed by atoms with Crippen molar-refractivity contribution in [2.24, 2.45) is 0 Å². The molecule has 0 bridgehead atoms. The number of thiophene rings is 1. The summed E-state index contributed by atoms with van der Waals surface area (Å²) in [5, 5.41) is 5.19. The summed E-state index contributed by atoms with van der Waals surface area (Å²) in [6, 6.07) is 4.23. The van der Waals surface area contributed by atoms with Gasteiger partial charge >= 0.3 is 0 Å². The molecule has 0 aliphatic carbocycles. The highest BCUT2D eigenvalue weighted by Gasteiger charge is 2.00. The first-order valence-corrected chi connectivity index (χ1v) is 5.49. The van der Waals surface area contributed by atoms with E-state index in [2.05, 4.69) is 29.8 Å². The summed E-state index contributed by atoms with van der Waals surface area (Å²) in [6.07, 6.45) is 1.34. The topological polar surface area (TPSA) is 21.3 Å². The fourth-order valence-corrected chi connectivity index (χ4v) is 1.85. The second-order valence-electron chi connectivity index (χ2n) is 3.07. The molecule has 1 heterocycles. The van der Waals surface area contributed by atoms with Crippen LogP contribution in [0.3, 0.4) is 0 Å². The molecule has 0 fully saturated rings. The van der Waals surface area contributed by atoms with Crippen LogP contribution in [-0.4, -0.2) is 26.3 Å². The molecule has 13 heavy (non-hydrogen) atoms. The number of hydrogen-bond acceptors (Lipinski definition) is 3. The van der Waals surface area contributed by atoms with Crippen LogP contribution in [0.1, 0.15) is 11.8 Å². The Morgan fingerprint density at radius 1 is 1.62 bits per heavy atom. The van der Waals surface area contributed by atoms with Crippen molar-refractivity contribution in [2.45, 2.75) is 19.4 Å². The molecule has 1 aromatic heterocycles. The summed E-state index contributed by atoms with van der Waals surface area (Å²) in [4.78, 5) is 1.40. The molecule has 2 nitrogen and oxygen atoms in total. The Kier molecular flexibility index (Phi) is 5.05. The van der Waals surface area contributed by atoms with Crippen LogP contribution in [0.15, 0.2) is 17.5 Å². The smallest absolute Gasteiger partial charge is 0.0671 e. The van der Waals surface area contributed by atoms with Gasteiger partial charge in [-0.05, 0) is 25.4 Å². The number of likely N-dealkylation sites (N-methyl/N-ethyl adjacent to an activating group) is 1. The van der Waals surface area contributed by atoms with Crippen molar-refractivity contribution in [3.05, 3.63) is 22.4 Å². The van der Waals surface area contributed by atoms with E-state index in [1.165, 1.54) is 4.88 Å². The van der Waals surface area contributed by atoms with Gasteiger partial charge in [0.2, 0.25) is 0 Å². The molecule has 0 spiro atoms. The first-order chi connectivity index (χ1) is 6.33. The van der Waals surface area contributed by atoms with Crippen molar-refractivity contribution < 1.29 is 4.74 Å². The lowest BCUT2D eigenvalue weighted by atomic mass is 10.3. The first-order valence-electron chi connectivity index (χ1n) is 4.61. The minimum absolute atomic E-state index is 0.310. The largest absolute Gasteiger partial charge is 0.377 e. The highest BCUT2D eigenvalue weighted by Crippen LogP contribution is 2.09. The number of nitrogens with one attached hydrogen (secondary N) is 1. The lowest BCUT2D eigenvalue weighted by Crippen LogP contribution is -2.24. The molecule has 1 N–H and O–H groups in total. The Hall–Kier alpha value is -0.380. The van der Waals surface area contributed by atoms with Gasteiger partial charge in [0.05, 0.1) is 12.7 Å². The number of hydrogen-bond donors (Lipinski definition) is 1. The summed E-state index contributed by atoms with van der Waals surface area (Å²) in [5.41, 5.74) is 0. The molecule has 1 atom stereocenters.